The van der Waals surface area contributed by atoms with Crippen molar-refractivity contribution in [3.63, 3.8) is 0 Å². The van der Waals surface area contributed by atoms with Gasteiger partial charge in [-0.05, 0) is 5.16 Å². The van der Waals surface area contributed by atoms with Gasteiger partial charge in [0.05, 0.1) is 19.3 Å². The van der Waals surface area contributed by atoms with E-state index in [0.717, 1.165) is 32.8 Å². The summed E-state index contributed by atoms with van der Waals surface area (Å²) in [5.74, 6) is -1.16. The van der Waals surface area contributed by atoms with Crippen molar-refractivity contribution >= 4 is 5.97 Å². The SMILES string of the molecule is O=C(O)c1cc(OCCN2CCOCC2)no1. The number of nitrogens with zero attached hydrogens (tertiary/aromatic N) is 2. The van der Waals surface area contributed by atoms with Crippen LogP contribution in [0.15, 0.2) is 10.6 Å². The van der Waals surface area contributed by atoms with Crippen LogP contribution >= 0.6 is 0 Å². The minimum Gasteiger partial charge on any atom is -0.475 e. The lowest BCUT2D eigenvalue weighted by atomic mass is 10.4. The number of carboxylic acid groups (broad SMARTS) is 1. The minimum absolute atomic E-state index is 0.204. The molecule has 0 amide bonds. The number of rotatable bonds is 5. The molecule has 0 aliphatic carbocycles. The van der Waals surface area contributed by atoms with Gasteiger partial charge in [-0.15, -0.1) is 0 Å². The smallest absolute Gasteiger partial charge is 0.374 e. The van der Waals surface area contributed by atoms with Crippen molar-refractivity contribution in [2.75, 3.05) is 39.5 Å². The van der Waals surface area contributed by atoms with Crippen molar-refractivity contribution in [2.45, 2.75) is 0 Å². The van der Waals surface area contributed by atoms with Crippen molar-refractivity contribution in [1.82, 2.24) is 10.1 Å². The number of morpholine rings is 1. The number of carbonyl (C=O) groups is 1. The van der Waals surface area contributed by atoms with E-state index in [0.29, 0.717) is 6.61 Å². The van der Waals surface area contributed by atoms with Gasteiger partial charge in [0.2, 0.25) is 5.76 Å². The number of hydrogen-bond acceptors (Lipinski definition) is 6. The van der Waals surface area contributed by atoms with Crippen molar-refractivity contribution in [3.05, 3.63) is 11.8 Å². The maximum Gasteiger partial charge on any atom is 0.374 e. The first-order valence-corrected chi connectivity index (χ1v) is 5.38. The second kappa shape index (κ2) is 5.65. The zero-order valence-electron chi connectivity index (χ0n) is 9.29. The van der Waals surface area contributed by atoms with Gasteiger partial charge >= 0.3 is 5.97 Å². The zero-order valence-corrected chi connectivity index (χ0v) is 9.29. The molecule has 1 N–H and O–H groups in total. The van der Waals surface area contributed by atoms with Crippen molar-refractivity contribution in [2.24, 2.45) is 0 Å². The highest BCUT2D eigenvalue weighted by Crippen LogP contribution is 2.11. The molecule has 0 atom stereocenters. The molecule has 2 rings (SSSR count). The van der Waals surface area contributed by atoms with Gasteiger partial charge in [0, 0.05) is 19.6 Å². The lowest BCUT2D eigenvalue weighted by Gasteiger charge is -2.25. The monoisotopic (exact) mass is 242 g/mol. The molecule has 0 radical (unpaired) electrons. The number of hydrogen-bond donors (Lipinski definition) is 1. The van der Waals surface area contributed by atoms with Crippen LogP contribution in [0.4, 0.5) is 0 Å². The van der Waals surface area contributed by atoms with Gasteiger partial charge in [-0.1, -0.05) is 0 Å². The molecule has 94 valence electrons. The van der Waals surface area contributed by atoms with Crippen LogP contribution in [0.2, 0.25) is 0 Å². The fourth-order valence-corrected chi connectivity index (χ4v) is 1.53. The van der Waals surface area contributed by atoms with E-state index in [9.17, 15) is 4.79 Å². The summed E-state index contributed by atoms with van der Waals surface area (Å²) in [7, 11) is 0. The van der Waals surface area contributed by atoms with E-state index < -0.39 is 5.97 Å². The molecule has 1 aliphatic heterocycles. The molecule has 1 aliphatic rings. The van der Waals surface area contributed by atoms with Gasteiger partial charge < -0.3 is 19.1 Å². The van der Waals surface area contributed by atoms with Crippen LogP contribution < -0.4 is 4.74 Å². The maximum absolute atomic E-state index is 10.5. The molecule has 1 fully saturated rings. The Kier molecular flexibility index (Phi) is 3.94. The fraction of sp³-hybridized carbons (Fsp3) is 0.600. The largest absolute Gasteiger partial charge is 0.475 e. The average molecular weight is 242 g/mol. The van der Waals surface area contributed by atoms with Crippen LogP contribution in [0.5, 0.6) is 5.88 Å². The van der Waals surface area contributed by atoms with E-state index in [1.165, 1.54) is 6.07 Å². The van der Waals surface area contributed by atoms with Crippen LogP contribution in [0.25, 0.3) is 0 Å². The Morgan fingerprint density at radius 1 is 1.53 bits per heavy atom. The molecule has 0 bridgehead atoms. The number of carboxylic acids is 1. The van der Waals surface area contributed by atoms with Crippen molar-refractivity contribution in [1.29, 1.82) is 0 Å². The second-order valence-electron chi connectivity index (χ2n) is 3.64. The summed E-state index contributed by atoms with van der Waals surface area (Å²) < 4.78 is 15.1. The normalized spacial score (nSPS) is 16.9. The van der Waals surface area contributed by atoms with Crippen LogP contribution in [-0.2, 0) is 4.74 Å². The maximum atomic E-state index is 10.5. The molecule has 7 nitrogen and oxygen atoms in total. The third-order valence-electron chi connectivity index (χ3n) is 2.46. The quantitative estimate of drug-likeness (QED) is 0.782. The molecular formula is C10H14N2O5. The summed E-state index contributed by atoms with van der Waals surface area (Å²) in [5, 5.41) is 12.1. The van der Waals surface area contributed by atoms with E-state index in [1.54, 1.807) is 0 Å². The standard InChI is InChI=1S/C10H14N2O5/c13-10(14)8-7-9(11-17-8)16-6-3-12-1-4-15-5-2-12/h7H,1-6H2,(H,13,14). The highest BCUT2D eigenvalue weighted by molar-refractivity contribution is 5.84. The lowest BCUT2D eigenvalue weighted by molar-refractivity contribution is 0.0318. The van der Waals surface area contributed by atoms with Crippen LogP contribution in [0, 0.1) is 0 Å². The molecule has 0 aromatic carbocycles. The second-order valence-corrected chi connectivity index (χ2v) is 3.64. The van der Waals surface area contributed by atoms with Gasteiger partial charge in [0.15, 0.2) is 0 Å². The highest BCUT2D eigenvalue weighted by atomic mass is 16.5. The number of ether oxygens (including phenoxy) is 2. The summed E-state index contributed by atoms with van der Waals surface area (Å²) in [5.41, 5.74) is 0. The summed E-state index contributed by atoms with van der Waals surface area (Å²) in [6.07, 6.45) is 0. The van der Waals surface area contributed by atoms with E-state index in [4.69, 9.17) is 14.6 Å². The summed E-state index contributed by atoms with van der Waals surface area (Å²) in [6.45, 7) is 4.48. The average Bonchev–Trinajstić information content (AvgIpc) is 2.79. The Bertz CT molecular complexity index is 373. The van der Waals surface area contributed by atoms with Gasteiger partial charge in [0.25, 0.3) is 5.88 Å². The summed E-state index contributed by atoms with van der Waals surface area (Å²) in [6, 6.07) is 1.27. The van der Waals surface area contributed by atoms with Crippen LogP contribution in [0.1, 0.15) is 10.6 Å². The Morgan fingerprint density at radius 3 is 2.94 bits per heavy atom. The zero-order chi connectivity index (χ0) is 12.1. The fourth-order valence-electron chi connectivity index (χ4n) is 1.53. The first-order valence-electron chi connectivity index (χ1n) is 5.38. The van der Waals surface area contributed by atoms with E-state index in [2.05, 4.69) is 14.6 Å². The van der Waals surface area contributed by atoms with Gasteiger partial charge in [-0.25, -0.2) is 4.79 Å². The lowest BCUT2D eigenvalue weighted by Crippen LogP contribution is -2.38. The number of aromatic carboxylic acids is 1. The molecular weight excluding hydrogens is 228 g/mol. The predicted octanol–water partition coefficient (Wildman–Crippen LogP) is 0.0838. The Balaban J connectivity index is 1.71. The molecule has 2 heterocycles. The molecule has 1 saturated heterocycles. The van der Waals surface area contributed by atoms with Crippen LogP contribution in [-0.4, -0.2) is 60.6 Å². The van der Waals surface area contributed by atoms with Gasteiger partial charge in [-0.2, -0.15) is 0 Å². The third kappa shape index (κ3) is 3.43. The molecule has 0 spiro atoms. The predicted molar refractivity (Wildman–Crippen MR) is 56.2 cm³/mol. The molecule has 0 saturated carbocycles. The van der Waals surface area contributed by atoms with Gasteiger partial charge in [-0.3, -0.25) is 4.90 Å². The van der Waals surface area contributed by atoms with E-state index in [1.807, 2.05) is 0 Å². The minimum atomic E-state index is -1.15. The molecule has 1 aromatic rings. The molecule has 7 heteroatoms. The van der Waals surface area contributed by atoms with Crippen LogP contribution in [0.3, 0.4) is 0 Å². The van der Waals surface area contributed by atoms with E-state index >= 15 is 0 Å². The van der Waals surface area contributed by atoms with E-state index in [-0.39, 0.29) is 11.6 Å². The van der Waals surface area contributed by atoms with Gasteiger partial charge in [0.1, 0.15) is 6.61 Å². The molecule has 0 unspecified atom stereocenters. The Labute approximate surface area is 97.9 Å². The third-order valence-corrected chi connectivity index (χ3v) is 2.46. The summed E-state index contributed by atoms with van der Waals surface area (Å²) >= 11 is 0. The van der Waals surface area contributed by atoms with Crippen molar-refractivity contribution < 1.29 is 23.9 Å². The van der Waals surface area contributed by atoms with Crippen molar-refractivity contribution in [3.8, 4) is 5.88 Å². The molecule has 1 aromatic heterocycles. The first kappa shape index (κ1) is 11.9. The summed E-state index contributed by atoms with van der Waals surface area (Å²) in [4.78, 5) is 12.7. The topological polar surface area (TPSA) is 85.0 Å². The first-order chi connectivity index (χ1) is 8.25. The highest BCUT2D eigenvalue weighted by Gasteiger charge is 2.13. The Morgan fingerprint density at radius 2 is 2.29 bits per heavy atom. The number of aromatic nitrogens is 1. The Hall–Kier alpha value is -1.60. The molecule has 17 heavy (non-hydrogen) atoms.